The Kier molecular flexibility index (Phi) is 3.99. The van der Waals surface area contributed by atoms with Gasteiger partial charge >= 0.3 is 0 Å². The molecule has 0 aliphatic rings. The van der Waals surface area contributed by atoms with Gasteiger partial charge in [-0.3, -0.25) is 0 Å². The molecular formula is C12H17N3. The van der Waals surface area contributed by atoms with Crippen LogP contribution in [0.4, 0.5) is 11.4 Å². The van der Waals surface area contributed by atoms with Gasteiger partial charge in [0.15, 0.2) is 0 Å². The minimum atomic E-state index is 0.543. The van der Waals surface area contributed by atoms with E-state index in [1.807, 2.05) is 19.1 Å². The molecule has 80 valence electrons. The zero-order valence-corrected chi connectivity index (χ0v) is 9.33. The molecule has 2 N–H and O–H groups in total. The maximum atomic E-state index is 8.57. The summed E-state index contributed by atoms with van der Waals surface area (Å²) in [5, 5.41) is 8.57. The summed E-state index contributed by atoms with van der Waals surface area (Å²) in [5.41, 5.74) is 8.82. The number of benzene rings is 1. The summed E-state index contributed by atoms with van der Waals surface area (Å²) in [4.78, 5) is 2.16. The van der Waals surface area contributed by atoms with Crippen molar-refractivity contribution in [2.75, 3.05) is 23.7 Å². The van der Waals surface area contributed by atoms with Crippen molar-refractivity contribution in [2.24, 2.45) is 0 Å². The Morgan fingerprint density at radius 1 is 1.40 bits per heavy atom. The first-order valence-corrected chi connectivity index (χ1v) is 5.16. The van der Waals surface area contributed by atoms with Crippen molar-refractivity contribution in [1.82, 2.24) is 0 Å². The van der Waals surface area contributed by atoms with Crippen LogP contribution in [0, 0.1) is 18.3 Å². The summed E-state index contributed by atoms with van der Waals surface area (Å²) in [7, 11) is 0. The summed E-state index contributed by atoms with van der Waals surface area (Å²) >= 11 is 0. The largest absolute Gasteiger partial charge is 0.399 e. The Bertz CT molecular complexity index is 345. The van der Waals surface area contributed by atoms with E-state index in [2.05, 4.69) is 24.0 Å². The number of rotatable bonds is 4. The van der Waals surface area contributed by atoms with E-state index in [4.69, 9.17) is 11.0 Å². The molecule has 15 heavy (non-hydrogen) atoms. The van der Waals surface area contributed by atoms with E-state index in [1.165, 1.54) is 0 Å². The molecule has 0 aliphatic carbocycles. The van der Waals surface area contributed by atoms with E-state index in [0.29, 0.717) is 6.42 Å². The highest BCUT2D eigenvalue weighted by Crippen LogP contribution is 2.20. The smallest absolute Gasteiger partial charge is 0.0640 e. The summed E-state index contributed by atoms with van der Waals surface area (Å²) in [6, 6.07) is 8.15. The predicted molar refractivity (Wildman–Crippen MR) is 63.7 cm³/mol. The Balaban J connectivity index is 2.87. The number of nitrogens with zero attached hydrogens (tertiary/aromatic N) is 2. The summed E-state index contributed by atoms with van der Waals surface area (Å²) in [6.07, 6.45) is 0.543. The van der Waals surface area contributed by atoms with Gasteiger partial charge < -0.3 is 10.6 Å². The first-order chi connectivity index (χ1) is 7.17. The maximum absolute atomic E-state index is 8.57. The molecule has 0 spiro atoms. The summed E-state index contributed by atoms with van der Waals surface area (Å²) in [6.45, 7) is 5.76. The lowest BCUT2D eigenvalue weighted by atomic mass is 10.2. The highest BCUT2D eigenvalue weighted by Gasteiger charge is 2.04. The van der Waals surface area contributed by atoms with Gasteiger partial charge in [0.25, 0.3) is 0 Å². The van der Waals surface area contributed by atoms with Gasteiger partial charge in [0, 0.05) is 24.5 Å². The molecular weight excluding hydrogens is 186 g/mol. The van der Waals surface area contributed by atoms with E-state index in [9.17, 15) is 0 Å². The van der Waals surface area contributed by atoms with Crippen LogP contribution in [0.2, 0.25) is 0 Å². The first kappa shape index (κ1) is 11.4. The molecule has 1 aromatic carbocycles. The number of hydrogen-bond donors (Lipinski definition) is 1. The van der Waals surface area contributed by atoms with Crippen molar-refractivity contribution in [2.45, 2.75) is 20.3 Å². The SMILES string of the molecule is CCN(CCC#N)c1cc(C)cc(N)c1. The van der Waals surface area contributed by atoms with E-state index < -0.39 is 0 Å². The molecule has 0 radical (unpaired) electrons. The van der Waals surface area contributed by atoms with Crippen molar-refractivity contribution in [1.29, 1.82) is 5.26 Å². The van der Waals surface area contributed by atoms with Crippen molar-refractivity contribution < 1.29 is 0 Å². The standard InChI is InChI=1S/C12H17N3/c1-3-15(6-4-5-13)12-8-10(2)7-11(14)9-12/h7-9H,3-4,6,14H2,1-2H3. The third-order valence-corrected chi connectivity index (χ3v) is 2.32. The maximum Gasteiger partial charge on any atom is 0.0640 e. The third kappa shape index (κ3) is 3.17. The van der Waals surface area contributed by atoms with Crippen LogP contribution >= 0.6 is 0 Å². The molecule has 0 saturated heterocycles. The molecule has 0 saturated carbocycles. The molecule has 0 bridgehead atoms. The fourth-order valence-electron chi connectivity index (χ4n) is 1.63. The van der Waals surface area contributed by atoms with Crippen molar-refractivity contribution >= 4 is 11.4 Å². The Morgan fingerprint density at radius 3 is 2.67 bits per heavy atom. The second-order valence-corrected chi connectivity index (χ2v) is 3.59. The Labute approximate surface area is 91.1 Å². The van der Waals surface area contributed by atoms with Gasteiger partial charge in [0.05, 0.1) is 12.5 Å². The van der Waals surface area contributed by atoms with E-state index in [-0.39, 0.29) is 0 Å². The van der Waals surface area contributed by atoms with Gasteiger partial charge in [-0.05, 0) is 37.6 Å². The second-order valence-electron chi connectivity index (χ2n) is 3.59. The van der Waals surface area contributed by atoms with Crippen LogP contribution in [0.3, 0.4) is 0 Å². The molecule has 0 aliphatic heterocycles. The Hall–Kier alpha value is -1.69. The average Bonchev–Trinajstić information content (AvgIpc) is 2.17. The van der Waals surface area contributed by atoms with Gasteiger partial charge in [0.2, 0.25) is 0 Å². The van der Waals surface area contributed by atoms with E-state index >= 15 is 0 Å². The van der Waals surface area contributed by atoms with Crippen LogP contribution in [0.1, 0.15) is 18.9 Å². The molecule has 1 rings (SSSR count). The van der Waals surface area contributed by atoms with Crippen LogP contribution in [0.25, 0.3) is 0 Å². The minimum Gasteiger partial charge on any atom is -0.399 e. The lowest BCUT2D eigenvalue weighted by Crippen LogP contribution is -2.23. The molecule has 1 aromatic rings. The van der Waals surface area contributed by atoms with Crippen molar-refractivity contribution in [3.8, 4) is 6.07 Å². The summed E-state index contributed by atoms with van der Waals surface area (Å²) in [5.74, 6) is 0. The normalized spacial score (nSPS) is 9.67. The van der Waals surface area contributed by atoms with Gasteiger partial charge in [-0.25, -0.2) is 0 Å². The topological polar surface area (TPSA) is 53.0 Å². The third-order valence-electron chi connectivity index (χ3n) is 2.32. The van der Waals surface area contributed by atoms with Gasteiger partial charge in [-0.2, -0.15) is 5.26 Å². The zero-order valence-electron chi connectivity index (χ0n) is 9.33. The van der Waals surface area contributed by atoms with Gasteiger partial charge in [-0.1, -0.05) is 0 Å². The molecule has 0 fully saturated rings. The number of hydrogen-bond acceptors (Lipinski definition) is 3. The van der Waals surface area contributed by atoms with Crippen LogP contribution in [0.5, 0.6) is 0 Å². The fourth-order valence-corrected chi connectivity index (χ4v) is 1.63. The van der Waals surface area contributed by atoms with E-state index in [0.717, 1.165) is 30.0 Å². The molecule has 0 aromatic heterocycles. The van der Waals surface area contributed by atoms with Crippen LogP contribution in [-0.2, 0) is 0 Å². The predicted octanol–water partition coefficient (Wildman–Crippen LogP) is 2.32. The Morgan fingerprint density at radius 2 is 2.13 bits per heavy atom. The van der Waals surface area contributed by atoms with Crippen molar-refractivity contribution in [3.63, 3.8) is 0 Å². The molecule has 0 amide bonds. The lowest BCUT2D eigenvalue weighted by molar-refractivity contribution is 0.827. The molecule has 0 unspecified atom stereocenters. The number of anilines is 2. The average molecular weight is 203 g/mol. The van der Waals surface area contributed by atoms with Gasteiger partial charge in [-0.15, -0.1) is 0 Å². The highest BCUT2D eigenvalue weighted by molar-refractivity contribution is 5.58. The van der Waals surface area contributed by atoms with Crippen molar-refractivity contribution in [3.05, 3.63) is 23.8 Å². The first-order valence-electron chi connectivity index (χ1n) is 5.16. The molecule has 0 atom stereocenters. The zero-order chi connectivity index (χ0) is 11.3. The van der Waals surface area contributed by atoms with E-state index in [1.54, 1.807) is 0 Å². The van der Waals surface area contributed by atoms with Crippen LogP contribution in [0.15, 0.2) is 18.2 Å². The number of aryl methyl sites for hydroxylation is 1. The van der Waals surface area contributed by atoms with Crippen LogP contribution in [-0.4, -0.2) is 13.1 Å². The molecule has 3 nitrogen and oxygen atoms in total. The summed E-state index contributed by atoms with van der Waals surface area (Å²) < 4.78 is 0. The highest BCUT2D eigenvalue weighted by atomic mass is 15.1. The lowest BCUT2D eigenvalue weighted by Gasteiger charge is -2.22. The van der Waals surface area contributed by atoms with Gasteiger partial charge in [0.1, 0.15) is 0 Å². The quantitative estimate of drug-likeness (QED) is 0.764. The second kappa shape index (κ2) is 5.26. The molecule has 3 heteroatoms. The number of nitrogen functional groups attached to an aromatic ring is 1. The van der Waals surface area contributed by atoms with Crippen LogP contribution < -0.4 is 10.6 Å². The number of nitriles is 1. The fraction of sp³-hybridized carbons (Fsp3) is 0.417. The minimum absolute atomic E-state index is 0.543. The number of nitrogens with two attached hydrogens (primary N) is 1. The monoisotopic (exact) mass is 203 g/mol. The molecule has 0 heterocycles.